The molecular formula is C31H29N3O3S. The average molecular weight is 524 g/mol. The fourth-order valence-electron chi connectivity index (χ4n) is 4.92. The molecule has 2 aromatic heterocycles. The van der Waals surface area contributed by atoms with Gasteiger partial charge in [0.15, 0.2) is 0 Å². The number of anilines is 1. The SMILES string of the molecule is CC(C)OC(=O)c1c(NC(=O)/C(C#N)=C/c2cn(Cc3ccccc3)c3ccccc23)sc2c1CCCC2. The molecule has 2 heterocycles. The summed E-state index contributed by atoms with van der Waals surface area (Å²) in [5.41, 5.74) is 4.34. The normalized spacial score (nSPS) is 13.3. The summed E-state index contributed by atoms with van der Waals surface area (Å²) in [4.78, 5) is 27.4. The molecule has 0 saturated heterocycles. The number of ether oxygens (including phenoxy) is 1. The highest BCUT2D eigenvalue weighted by Gasteiger charge is 2.28. The molecule has 2 aromatic carbocycles. The van der Waals surface area contributed by atoms with E-state index in [1.54, 1.807) is 19.9 Å². The van der Waals surface area contributed by atoms with Crippen LogP contribution in [0.3, 0.4) is 0 Å². The number of nitrogens with one attached hydrogen (secondary N) is 1. The number of carbonyl (C=O) groups is 2. The second-order valence-electron chi connectivity index (χ2n) is 9.71. The molecule has 1 N–H and O–H groups in total. The molecule has 192 valence electrons. The van der Waals surface area contributed by atoms with Crippen molar-refractivity contribution in [3.8, 4) is 6.07 Å². The fourth-order valence-corrected chi connectivity index (χ4v) is 6.19. The molecule has 1 aliphatic carbocycles. The number of hydrogen-bond acceptors (Lipinski definition) is 5. The fraction of sp³-hybridized carbons (Fsp3) is 0.258. The Balaban J connectivity index is 1.47. The summed E-state index contributed by atoms with van der Waals surface area (Å²) in [5.74, 6) is -0.967. The Morgan fingerprint density at radius 2 is 1.84 bits per heavy atom. The van der Waals surface area contributed by atoms with Crippen molar-refractivity contribution in [2.75, 3.05) is 5.32 Å². The van der Waals surface area contributed by atoms with E-state index in [-0.39, 0.29) is 11.7 Å². The van der Waals surface area contributed by atoms with Crippen molar-refractivity contribution in [1.29, 1.82) is 5.26 Å². The predicted molar refractivity (Wildman–Crippen MR) is 151 cm³/mol. The maximum atomic E-state index is 13.3. The topological polar surface area (TPSA) is 84.1 Å². The summed E-state index contributed by atoms with van der Waals surface area (Å²) < 4.78 is 7.62. The maximum absolute atomic E-state index is 13.3. The lowest BCUT2D eigenvalue weighted by molar-refractivity contribution is -0.112. The molecule has 0 spiro atoms. The molecule has 1 aliphatic rings. The molecule has 38 heavy (non-hydrogen) atoms. The van der Waals surface area contributed by atoms with Crippen molar-refractivity contribution in [2.45, 2.75) is 52.2 Å². The summed E-state index contributed by atoms with van der Waals surface area (Å²) in [5, 5.41) is 14.2. The number of benzene rings is 2. The van der Waals surface area contributed by atoms with Gasteiger partial charge in [0, 0.05) is 34.1 Å². The standard InChI is InChI=1S/C31H29N3O3S/c1-20(2)37-31(36)28-25-13-7-9-15-27(25)38-30(28)33-29(35)22(17-32)16-23-19-34(18-21-10-4-3-5-11-21)26-14-8-6-12-24(23)26/h3-6,8,10-12,14,16,19-20H,7,9,13,15,18H2,1-2H3,(H,33,35)/b22-16+. The van der Waals surface area contributed by atoms with Crippen LogP contribution in [-0.2, 0) is 28.9 Å². The van der Waals surface area contributed by atoms with Crippen molar-refractivity contribution >= 4 is 45.2 Å². The highest BCUT2D eigenvalue weighted by Crippen LogP contribution is 2.39. The Labute approximate surface area is 226 Å². The molecule has 1 amide bonds. The zero-order chi connectivity index (χ0) is 26.6. The summed E-state index contributed by atoms with van der Waals surface area (Å²) in [6, 6.07) is 20.2. The number of rotatable bonds is 7. The number of thiophene rings is 1. The predicted octanol–water partition coefficient (Wildman–Crippen LogP) is 6.74. The number of hydrogen-bond donors (Lipinski definition) is 1. The first kappa shape index (κ1) is 25.5. The minimum absolute atomic E-state index is 0.0258. The number of nitrogens with zero attached hydrogens (tertiary/aromatic N) is 2. The highest BCUT2D eigenvalue weighted by molar-refractivity contribution is 7.17. The molecule has 0 atom stereocenters. The van der Waals surface area contributed by atoms with Crippen molar-refractivity contribution < 1.29 is 14.3 Å². The molecule has 0 radical (unpaired) electrons. The lowest BCUT2D eigenvalue weighted by Crippen LogP contribution is -2.18. The van der Waals surface area contributed by atoms with Gasteiger partial charge in [-0.05, 0) is 62.8 Å². The van der Waals surface area contributed by atoms with Crippen molar-refractivity contribution in [3.63, 3.8) is 0 Å². The largest absolute Gasteiger partial charge is 0.459 e. The molecule has 0 unspecified atom stereocenters. The Kier molecular flexibility index (Phi) is 7.43. The molecule has 0 fully saturated rings. The van der Waals surface area contributed by atoms with Gasteiger partial charge in [-0.25, -0.2) is 4.79 Å². The monoisotopic (exact) mass is 523 g/mol. The first-order chi connectivity index (χ1) is 18.4. The van der Waals surface area contributed by atoms with Crippen molar-refractivity contribution in [3.05, 3.63) is 93.5 Å². The molecule has 0 bridgehead atoms. The Morgan fingerprint density at radius 1 is 1.11 bits per heavy atom. The minimum Gasteiger partial charge on any atom is -0.459 e. The van der Waals surface area contributed by atoms with E-state index in [0.717, 1.165) is 58.2 Å². The zero-order valence-corrected chi connectivity index (χ0v) is 22.3. The number of nitriles is 1. The quantitative estimate of drug-likeness (QED) is 0.165. The van der Waals surface area contributed by atoms with Gasteiger partial charge in [0.2, 0.25) is 0 Å². The minimum atomic E-state index is -0.537. The molecule has 0 aliphatic heterocycles. The molecule has 5 rings (SSSR count). The molecular weight excluding hydrogens is 494 g/mol. The Hall–Kier alpha value is -4.15. The summed E-state index contributed by atoms with van der Waals surface area (Å²) >= 11 is 1.41. The van der Waals surface area contributed by atoms with Gasteiger partial charge >= 0.3 is 5.97 Å². The number of para-hydroxylation sites is 1. The van der Waals surface area contributed by atoms with E-state index in [0.29, 0.717) is 17.1 Å². The van der Waals surface area contributed by atoms with E-state index in [1.165, 1.54) is 11.3 Å². The smallest absolute Gasteiger partial charge is 0.341 e. The lowest BCUT2D eigenvalue weighted by Gasteiger charge is -2.14. The van der Waals surface area contributed by atoms with Gasteiger partial charge in [0.1, 0.15) is 16.6 Å². The number of aromatic nitrogens is 1. The Bertz CT molecular complexity index is 1570. The van der Waals surface area contributed by atoms with Crippen LogP contribution in [0.2, 0.25) is 0 Å². The van der Waals surface area contributed by atoms with Crippen LogP contribution in [0.1, 0.15) is 58.6 Å². The number of aryl methyl sites for hydroxylation is 1. The van der Waals surface area contributed by atoms with E-state index in [1.807, 2.05) is 48.7 Å². The van der Waals surface area contributed by atoms with Gasteiger partial charge < -0.3 is 14.6 Å². The second kappa shape index (κ2) is 11.1. The average Bonchev–Trinajstić information content (AvgIpc) is 3.45. The third kappa shape index (κ3) is 5.27. The molecule has 0 saturated carbocycles. The number of esters is 1. The maximum Gasteiger partial charge on any atom is 0.341 e. The van der Waals surface area contributed by atoms with Crippen LogP contribution < -0.4 is 5.32 Å². The third-order valence-electron chi connectivity index (χ3n) is 6.63. The van der Waals surface area contributed by atoms with Gasteiger partial charge in [-0.1, -0.05) is 48.5 Å². The van der Waals surface area contributed by atoms with Gasteiger partial charge in [0.05, 0.1) is 11.7 Å². The second-order valence-corrected chi connectivity index (χ2v) is 10.8. The zero-order valence-electron chi connectivity index (χ0n) is 21.5. The van der Waals surface area contributed by atoms with E-state index in [2.05, 4.69) is 28.1 Å². The van der Waals surface area contributed by atoms with E-state index in [9.17, 15) is 14.9 Å². The van der Waals surface area contributed by atoms with E-state index in [4.69, 9.17) is 4.74 Å². The van der Waals surface area contributed by atoms with Gasteiger partial charge in [-0.2, -0.15) is 5.26 Å². The van der Waals surface area contributed by atoms with Crippen LogP contribution in [0.25, 0.3) is 17.0 Å². The first-order valence-corrected chi connectivity index (χ1v) is 13.7. The van der Waals surface area contributed by atoms with Crippen molar-refractivity contribution in [1.82, 2.24) is 4.57 Å². The van der Waals surface area contributed by atoms with Crippen molar-refractivity contribution in [2.24, 2.45) is 0 Å². The van der Waals surface area contributed by atoms with Crippen LogP contribution >= 0.6 is 11.3 Å². The van der Waals surface area contributed by atoms with Gasteiger partial charge in [0.25, 0.3) is 5.91 Å². The highest BCUT2D eigenvalue weighted by atomic mass is 32.1. The number of fused-ring (bicyclic) bond motifs is 2. The van der Waals surface area contributed by atoms with E-state index < -0.39 is 11.9 Å². The van der Waals surface area contributed by atoms with Crippen LogP contribution in [0, 0.1) is 11.3 Å². The van der Waals surface area contributed by atoms with Crippen LogP contribution in [0.4, 0.5) is 5.00 Å². The summed E-state index contributed by atoms with van der Waals surface area (Å²) in [6.45, 7) is 4.28. The number of carbonyl (C=O) groups excluding carboxylic acids is 2. The third-order valence-corrected chi connectivity index (χ3v) is 7.83. The summed E-state index contributed by atoms with van der Waals surface area (Å²) in [7, 11) is 0. The Morgan fingerprint density at radius 3 is 2.61 bits per heavy atom. The van der Waals surface area contributed by atoms with E-state index >= 15 is 0 Å². The number of amides is 1. The molecule has 4 aromatic rings. The van der Waals surface area contributed by atoms with Gasteiger partial charge in [-0.15, -0.1) is 11.3 Å². The lowest BCUT2D eigenvalue weighted by atomic mass is 9.95. The molecule has 6 nitrogen and oxygen atoms in total. The molecule has 7 heteroatoms. The summed E-state index contributed by atoms with van der Waals surface area (Å²) in [6.07, 6.45) is 7.03. The van der Waals surface area contributed by atoms with Gasteiger partial charge in [-0.3, -0.25) is 4.79 Å². The van der Waals surface area contributed by atoms with Crippen LogP contribution in [-0.4, -0.2) is 22.5 Å². The first-order valence-electron chi connectivity index (χ1n) is 12.8. The van der Waals surface area contributed by atoms with Crippen LogP contribution in [0.15, 0.2) is 66.4 Å². The van der Waals surface area contributed by atoms with Crippen LogP contribution in [0.5, 0.6) is 0 Å².